The van der Waals surface area contributed by atoms with Gasteiger partial charge >= 0.3 is 12.1 Å². The maximum Gasteiger partial charge on any atom is 0.407 e. The number of rotatable bonds is 9. The number of nitrogens with zero attached hydrogens (tertiary/aromatic N) is 3. The number of halogens is 1. The molecule has 0 bridgehead atoms. The van der Waals surface area contributed by atoms with Gasteiger partial charge in [-0.1, -0.05) is 0 Å². The second kappa shape index (κ2) is 11.0. The Morgan fingerprint density at radius 3 is 2.69 bits per heavy atom. The van der Waals surface area contributed by atoms with Crippen molar-refractivity contribution in [2.75, 3.05) is 19.8 Å². The van der Waals surface area contributed by atoms with Gasteiger partial charge in [0.25, 0.3) is 0 Å². The fraction of sp³-hybridized carbons (Fsp3) is 0.417. The lowest BCUT2D eigenvalue weighted by Gasteiger charge is -2.20. The SMILES string of the molecule is CCOC(=O)c1cnc2ccc(OC(C)c3cc(F)ccc3OCCNC(=O)OC(C)(C)C)nn12. The van der Waals surface area contributed by atoms with Gasteiger partial charge in [0.15, 0.2) is 11.3 Å². The first-order valence-electron chi connectivity index (χ1n) is 11.1. The quantitative estimate of drug-likeness (QED) is 0.354. The summed E-state index contributed by atoms with van der Waals surface area (Å²) in [6, 6.07) is 7.31. The van der Waals surface area contributed by atoms with Gasteiger partial charge in [0.1, 0.15) is 29.9 Å². The van der Waals surface area contributed by atoms with Gasteiger partial charge in [-0.05, 0) is 58.9 Å². The molecule has 1 atom stereocenters. The van der Waals surface area contributed by atoms with E-state index in [0.29, 0.717) is 17.0 Å². The molecule has 2 aromatic heterocycles. The highest BCUT2D eigenvalue weighted by molar-refractivity contribution is 5.88. The smallest absolute Gasteiger partial charge is 0.407 e. The number of imidazole rings is 1. The van der Waals surface area contributed by atoms with Crippen molar-refractivity contribution < 1.29 is 32.9 Å². The highest BCUT2D eigenvalue weighted by Gasteiger charge is 2.19. The molecule has 0 spiro atoms. The number of alkyl carbamates (subject to hydrolysis) is 1. The Kier molecular flexibility index (Phi) is 8.10. The van der Waals surface area contributed by atoms with Crippen molar-refractivity contribution in [1.82, 2.24) is 19.9 Å². The molecule has 1 N–H and O–H groups in total. The number of hydrogen-bond donors (Lipinski definition) is 1. The topological polar surface area (TPSA) is 113 Å². The second-order valence-corrected chi connectivity index (χ2v) is 8.52. The van der Waals surface area contributed by atoms with Crippen LogP contribution in [0.5, 0.6) is 11.6 Å². The molecule has 0 radical (unpaired) electrons. The summed E-state index contributed by atoms with van der Waals surface area (Å²) in [7, 11) is 0. The molecule has 11 heteroatoms. The van der Waals surface area contributed by atoms with Crippen molar-refractivity contribution in [3.63, 3.8) is 0 Å². The summed E-state index contributed by atoms with van der Waals surface area (Å²) in [5.41, 5.74) is 0.445. The van der Waals surface area contributed by atoms with E-state index in [1.165, 1.54) is 28.9 Å². The number of hydrogen-bond acceptors (Lipinski definition) is 8. The van der Waals surface area contributed by atoms with Crippen molar-refractivity contribution in [2.45, 2.75) is 46.3 Å². The maximum absolute atomic E-state index is 14.0. The van der Waals surface area contributed by atoms with Crippen LogP contribution in [0.25, 0.3) is 5.65 Å². The van der Waals surface area contributed by atoms with Gasteiger partial charge in [0.05, 0.1) is 19.3 Å². The molecular weight excluding hydrogens is 459 g/mol. The number of amides is 1. The van der Waals surface area contributed by atoms with E-state index in [9.17, 15) is 14.0 Å². The minimum atomic E-state index is -0.654. The molecule has 0 saturated carbocycles. The Morgan fingerprint density at radius 1 is 1.20 bits per heavy atom. The number of ether oxygens (including phenoxy) is 4. The molecule has 10 nitrogen and oxygen atoms in total. The molecule has 0 aliphatic rings. The zero-order chi connectivity index (χ0) is 25.6. The minimum absolute atomic E-state index is 0.132. The van der Waals surface area contributed by atoms with Crippen molar-refractivity contribution >= 4 is 17.7 Å². The van der Waals surface area contributed by atoms with Gasteiger partial charge in [-0.15, -0.1) is 5.10 Å². The van der Waals surface area contributed by atoms with Gasteiger partial charge in [0.2, 0.25) is 5.88 Å². The molecule has 1 amide bonds. The van der Waals surface area contributed by atoms with E-state index in [-0.39, 0.29) is 31.3 Å². The summed E-state index contributed by atoms with van der Waals surface area (Å²) in [6.45, 7) is 9.27. The van der Waals surface area contributed by atoms with Crippen LogP contribution in [0.1, 0.15) is 56.8 Å². The standard InChI is InChI=1S/C24H29FN4O6/c1-6-32-22(30)18-14-27-20-9-10-21(28-29(18)20)34-15(2)17-13-16(25)7-8-19(17)33-12-11-26-23(31)35-24(3,4)5/h7-10,13-15H,6,11-12H2,1-5H3,(H,26,31). The average Bonchev–Trinajstić information content (AvgIpc) is 3.20. The molecule has 1 unspecified atom stereocenters. The number of benzene rings is 1. The number of aromatic nitrogens is 3. The maximum atomic E-state index is 14.0. The van der Waals surface area contributed by atoms with Gasteiger partial charge < -0.3 is 24.3 Å². The molecule has 3 aromatic rings. The molecule has 188 valence electrons. The largest absolute Gasteiger partial charge is 0.491 e. The Labute approximate surface area is 202 Å². The Morgan fingerprint density at radius 2 is 1.97 bits per heavy atom. The first-order chi connectivity index (χ1) is 16.6. The summed E-state index contributed by atoms with van der Waals surface area (Å²) < 4.78 is 37.2. The summed E-state index contributed by atoms with van der Waals surface area (Å²) in [5, 5.41) is 6.91. The number of carbonyl (C=O) groups is 2. The van der Waals surface area contributed by atoms with Gasteiger partial charge in [-0.25, -0.2) is 23.5 Å². The molecule has 2 heterocycles. The second-order valence-electron chi connectivity index (χ2n) is 8.52. The monoisotopic (exact) mass is 488 g/mol. The van der Waals surface area contributed by atoms with Crippen LogP contribution >= 0.6 is 0 Å². The molecule has 1 aromatic carbocycles. The predicted octanol–water partition coefficient (Wildman–Crippen LogP) is 4.09. The number of nitrogens with one attached hydrogen (secondary N) is 1. The first kappa shape index (κ1) is 25.7. The van der Waals surface area contributed by atoms with E-state index in [0.717, 1.165) is 0 Å². The molecule has 3 rings (SSSR count). The fourth-order valence-corrected chi connectivity index (χ4v) is 3.10. The van der Waals surface area contributed by atoms with Crippen LogP contribution in [0.2, 0.25) is 0 Å². The predicted molar refractivity (Wildman–Crippen MR) is 124 cm³/mol. The molecule has 35 heavy (non-hydrogen) atoms. The summed E-state index contributed by atoms with van der Waals surface area (Å²) >= 11 is 0. The minimum Gasteiger partial charge on any atom is -0.491 e. The molecule has 0 fully saturated rings. The lowest BCUT2D eigenvalue weighted by atomic mass is 10.1. The Balaban J connectivity index is 1.69. The molecule has 0 aliphatic carbocycles. The van der Waals surface area contributed by atoms with E-state index < -0.39 is 29.6 Å². The van der Waals surface area contributed by atoms with Crippen LogP contribution in [0, 0.1) is 5.82 Å². The lowest BCUT2D eigenvalue weighted by Crippen LogP contribution is -2.34. The van der Waals surface area contributed by atoms with Gasteiger partial charge in [-0.3, -0.25) is 0 Å². The highest BCUT2D eigenvalue weighted by atomic mass is 19.1. The van der Waals surface area contributed by atoms with Crippen LogP contribution in [-0.4, -0.2) is 52.0 Å². The van der Waals surface area contributed by atoms with Crippen LogP contribution in [0.3, 0.4) is 0 Å². The van der Waals surface area contributed by atoms with Gasteiger partial charge in [-0.2, -0.15) is 0 Å². The average molecular weight is 489 g/mol. The lowest BCUT2D eigenvalue weighted by molar-refractivity contribution is 0.0507. The zero-order valence-electron chi connectivity index (χ0n) is 20.3. The first-order valence-corrected chi connectivity index (χ1v) is 11.1. The van der Waals surface area contributed by atoms with Crippen LogP contribution in [0.15, 0.2) is 36.5 Å². The van der Waals surface area contributed by atoms with E-state index in [1.54, 1.807) is 46.8 Å². The number of esters is 1. The normalized spacial score (nSPS) is 12.2. The van der Waals surface area contributed by atoms with Crippen molar-refractivity contribution in [3.05, 3.63) is 53.6 Å². The molecule has 0 saturated heterocycles. The van der Waals surface area contributed by atoms with E-state index in [2.05, 4.69) is 15.4 Å². The highest BCUT2D eigenvalue weighted by Crippen LogP contribution is 2.29. The van der Waals surface area contributed by atoms with Crippen molar-refractivity contribution in [1.29, 1.82) is 0 Å². The number of carbonyl (C=O) groups excluding carboxylic acids is 2. The van der Waals surface area contributed by atoms with E-state index >= 15 is 0 Å². The number of fused-ring (bicyclic) bond motifs is 1. The third-order valence-electron chi connectivity index (χ3n) is 4.56. The van der Waals surface area contributed by atoms with E-state index in [4.69, 9.17) is 18.9 Å². The third-order valence-corrected chi connectivity index (χ3v) is 4.56. The third kappa shape index (κ3) is 7.05. The summed E-state index contributed by atoms with van der Waals surface area (Å²) in [5.74, 6) is -0.438. The molecular formula is C24H29FN4O6. The Hall–Kier alpha value is -3.89. The van der Waals surface area contributed by atoms with Crippen molar-refractivity contribution in [2.24, 2.45) is 0 Å². The zero-order valence-corrected chi connectivity index (χ0v) is 20.3. The van der Waals surface area contributed by atoms with E-state index in [1.807, 2.05) is 0 Å². The van der Waals surface area contributed by atoms with Crippen molar-refractivity contribution in [3.8, 4) is 11.6 Å². The Bertz CT molecular complexity index is 1190. The summed E-state index contributed by atoms with van der Waals surface area (Å²) in [6.07, 6.45) is 0.163. The van der Waals surface area contributed by atoms with Crippen LogP contribution in [0.4, 0.5) is 9.18 Å². The van der Waals surface area contributed by atoms with Gasteiger partial charge in [0, 0.05) is 11.6 Å². The fourth-order valence-electron chi connectivity index (χ4n) is 3.10. The molecule has 0 aliphatic heterocycles. The van der Waals surface area contributed by atoms with Crippen LogP contribution in [-0.2, 0) is 9.47 Å². The summed E-state index contributed by atoms with van der Waals surface area (Å²) in [4.78, 5) is 28.0. The van der Waals surface area contributed by atoms with Crippen LogP contribution < -0.4 is 14.8 Å².